The van der Waals surface area contributed by atoms with E-state index in [1.54, 1.807) is 13.2 Å². The van der Waals surface area contributed by atoms with E-state index in [2.05, 4.69) is 16.3 Å². The van der Waals surface area contributed by atoms with Crippen LogP contribution in [0.25, 0.3) is 11.4 Å². The van der Waals surface area contributed by atoms with Crippen LogP contribution in [0.3, 0.4) is 0 Å². The zero-order valence-corrected chi connectivity index (χ0v) is 13.8. The van der Waals surface area contributed by atoms with Gasteiger partial charge in [-0.25, -0.2) is 4.68 Å². The summed E-state index contributed by atoms with van der Waals surface area (Å²) in [6.07, 6.45) is 0. The van der Waals surface area contributed by atoms with Crippen LogP contribution in [0, 0.1) is 11.3 Å². The lowest BCUT2D eigenvalue weighted by molar-refractivity contribution is 0.415. The Labute approximate surface area is 143 Å². The van der Waals surface area contributed by atoms with E-state index in [1.165, 1.54) is 16.4 Å². The number of methoxy groups -OCH3 is 1. The van der Waals surface area contributed by atoms with Crippen LogP contribution < -0.4 is 10.6 Å². The van der Waals surface area contributed by atoms with Crippen LogP contribution in [-0.4, -0.2) is 22.0 Å². The van der Waals surface area contributed by atoms with Crippen molar-refractivity contribution in [1.29, 1.82) is 5.26 Å². The number of hydrogen-bond acceptors (Lipinski definition) is 6. The maximum absolute atomic E-state index is 9.14. The molecule has 0 saturated carbocycles. The minimum atomic E-state index is 0.578. The van der Waals surface area contributed by atoms with Crippen molar-refractivity contribution in [3.05, 3.63) is 59.7 Å². The normalized spacial score (nSPS) is 10.3. The number of rotatable bonds is 5. The van der Waals surface area contributed by atoms with Gasteiger partial charge in [0.05, 0.1) is 18.7 Å². The zero-order chi connectivity index (χ0) is 16.9. The molecule has 3 aromatic rings. The first-order valence-corrected chi connectivity index (χ1v) is 8.17. The van der Waals surface area contributed by atoms with Crippen molar-refractivity contribution in [2.24, 2.45) is 0 Å². The maximum atomic E-state index is 9.14. The second-order valence-corrected chi connectivity index (χ2v) is 5.90. The lowest BCUT2D eigenvalue weighted by Crippen LogP contribution is -2.11. The number of thioether (sulfide) groups is 1. The van der Waals surface area contributed by atoms with Gasteiger partial charge < -0.3 is 10.6 Å². The first kappa shape index (κ1) is 15.9. The quantitative estimate of drug-likeness (QED) is 0.569. The Kier molecular flexibility index (Phi) is 4.68. The molecule has 1 heterocycles. The third-order valence-corrected chi connectivity index (χ3v) is 4.50. The highest BCUT2D eigenvalue weighted by molar-refractivity contribution is 7.98. The van der Waals surface area contributed by atoms with Crippen LogP contribution in [-0.2, 0) is 5.75 Å². The van der Waals surface area contributed by atoms with Gasteiger partial charge >= 0.3 is 0 Å². The molecule has 0 aliphatic heterocycles. The number of nitrogens with two attached hydrogens (primary N) is 1. The molecule has 0 atom stereocenters. The summed E-state index contributed by atoms with van der Waals surface area (Å²) in [5, 5.41) is 18.0. The van der Waals surface area contributed by atoms with Gasteiger partial charge in [0, 0.05) is 11.3 Å². The smallest absolute Gasteiger partial charge is 0.210 e. The van der Waals surface area contributed by atoms with Crippen molar-refractivity contribution in [2.75, 3.05) is 13.0 Å². The molecule has 120 valence electrons. The summed E-state index contributed by atoms with van der Waals surface area (Å²) >= 11 is 1.44. The topological polar surface area (TPSA) is 89.8 Å². The summed E-state index contributed by atoms with van der Waals surface area (Å²) in [6, 6.07) is 17.1. The molecule has 3 rings (SSSR count). The summed E-state index contributed by atoms with van der Waals surface area (Å²) in [5.74, 6) is 8.06. The average molecular weight is 337 g/mol. The number of benzene rings is 2. The Bertz CT molecular complexity index is 883. The SMILES string of the molecule is COc1ccc(-c2nnc(SCc3ccccc3C#N)n2N)cc1. The van der Waals surface area contributed by atoms with Gasteiger partial charge in [-0.05, 0) is 35.9 Å². The minimum absolute atomic E-state index is 0.578. The second kappa shape index (κ2) is 7.06. The fourth-order valence-electron chi connectivity index (χ4n) is 2.21. The third-order valence-electron chi connectivity index (χ3n) is 3.51. The largest absolute Gasteiger partial charge is 0.497 e. The van der Waals surface area contributed by atoms with Gasteiger partial charge in [0.1, 0.15) is 5.75 Å². The van der Waals surface area contributed by atoms with Crippen molar-refractivity contribution in [3.8, 4) is 23.2 Å². The van der Waals surface area contributed by atoms with Gasteiger partial charge in [-0.15, -0.1) is 10.2 Å². The van der Waals surface area contributed by atoms with E-state index < -0.39 is 0 Å². The van der Waals surface area contributed by atoms with E-state index in [9.17, 15) is 0 Å². The second-order valence-electron chi connectivity index (χ2n) is 4.96. The number of nitrogens with zero attached hydrogens (tertiary/aromatic N) is 4. The minimum Gasteiger partial charge on any atom is -0.497 e. The molecule has 0 bridgehead atoms. The van der Waals surface area contributed by atoms with Gasteiger partial charge in [-0.3, -0.25) is 0 Å². The zero-order valence-electron chi connectivity index (χ0n) is 13.0. The first-order chi connectivity index (χ1) is 11.7. The standard InChI is InChI=1S/C17H15N5OS/c1-23-15-8-6-12(7-9-15)16-20-21-17(22(16)19)24-11-14-5-3-2-4-13(14)10-18/h2-9H,11,19H2,1H3. The predicted molar refractivity (Wildman–Crippen MR) is 92.9 cm³/mol. The van der Waals surface area contributed by atoms with E-state index in [4.69, 9.17) is 15.8 Å². The van der Waals surface area contributed by atoms with Gasteiger partial charge in [0.2, 0.25) is 5.16 Å². The Morgan fingerprint density at radius 3 is 2.62 bits per heavy atom. The van der Waals surface area contributed by atoms with E-state index in [0.29, 0.717) is 22.3 Å². The number of hydrogen-bond donors (Lipinski definition) is 1. The molecule has 0 amide bonds. The molecule has 24 heavy (non-hydrogen) atoms. The molecular formula is C17H15N5OS. The Morgan fingerprint density at radius 2 is 1.92 bits per heavy atom. The van der Waals surface area contributed by atoms with Crippen LogP contribution in [0.5, 0.6) is 5.75 Å². The maximum Gasteiger partial charge on any atom is 0.210 e. The lowest BCUT2D eigenvalue weighted by Gasteiger charge is -2.05. The summed E-state index contributed by atoms with van der Waals surface area (Å²) in [5.41, 5.74) is 2.46. The fourth-order valence-corrected chi connectivity index (χ4v) is 3.07. The molecular weight excluding hydrogens is 322 g/mol. The average Bonchev–Trinajstić information content (AvgIpc) is 3.01. The molecule has 0 spiro atoms. The van der Waals surface area contributed by atoms with Crippen molar-refractivity contribution >= 4 is 11.8 Å². The van der Waals surface area contributed by atoms with Crippen LogP contribution in [0.15, 0.2) is 53.7 Å². The van der Waals surface area contributed by atoms with E-state index in [-0.39, 0.29) is 0 Å². The van der Waals surface area contributed by atoms with Crippen LogP contribution in [0.1, 0.15) is 11.1 Å². The fraction of sp³-hybridized carbons (Fsp3) is 0.118. The molecule has 7 heteroatoms. The van der Waals surface area contributed by atoms with E-state index in [0.717, 1.165) is 16.9 Å². The van der Waals surface area contributed by atoms with Crippen molar-refractivity contribution in [3.63, 3.8) is 0 Å². The lowest BCUT2D eigenvalue weighted by atomic mass is 10.1. The molecule has 0 saturated heterocycles. The Morgan fingerprint density at radius 1 is 1.17 bits per heavy atom. The monoisotopic (exact) mass is 337 g/mol. The van der Waals surface area contributed by atoms with Crippen LogP contribution in [0.4, 0.5) is 0 Å². The van der Waals surface area contributed by atoms with Crippen molar-refractivity contribution < 1.29 is 4.74 Å². The molecule has 6 nitrogen and oxygen atoms in total. The molecule has 1 aromatic heterocycles. The number of nitrogen functional groups attached to an aromatic ring is 1. The molecule has 0 aliphatic carbocycles. The number of aromatic nitrogens is 3. The van der Waals surface area contributed by atoms with Crippen LogP contribution >= 0.6 is 11.8 Å². The third kappa shape index (κ3) is 3.19. The highest BCUT2D eigenvalue weighted by atomic mass is 32.2. The number of nitriles is 1. The van der Waals surface area contributed by atoms with Gasteiger partial charge in [0.15, 0.2) is 5.82 Å². The first-order valence-electron chi connectivity index (χ1n) is 7.18. The van der Waals surface area contributed by atoms with Gasteiger partial charge in [-0.1, -0.05) is 30.0 Å². The van der Waals surface area contributed by atoms with E-state index >= 15 is 0 Å². The van der Waals surface area contributed by atoms with Crippen molar-refractivity contribution in [2.45, 2.75) is 10.9 Å². The predicted octanol–water partition coefficient (Wildman–Crippen LogP) is 2.83. The van der Waals surface area contributed by atoms with E-state index in [1.807, 2.05) is 42.5 Å². The van der Waals surface area contributed by atoms with Gasteiger partial charge in [-0.2, -0.15) is 5.26 Å². The highest BCUT2D eigenvalue weighted by Gasteiger charge is 2.13. The summed E-state index contributed by atoms with van der Waals surface area (Å²) in [4.78, 5) is 0. The summed E-state index contributed by atoms with van der Waals surface area (Å²) < 4.78 is 6.61. The molecule has 0 fully saturated rings. The van der Waals surface area contributed by atoms with Crippen molar-refractivity contribution in [1.82, 2.24) is 14.9 Å². The summed E-state index contributed by atoms with van der Waals surface area (Å²) in [7, 11) is 1.62. The summed E-state index contributed by atoms with van der Waals surface area (Å²) in [6.45, 7) is 0. The molecule has 2 aromatic carbocycles. The molecule has 0 aliphatic rings. The Hall–Kier alpha value is -2.98. The van der Waals surface area contributed by atoms with Gasteiger partial charge in [0.25, 0.3) is 0 Å². The van der Waals surface area contributed by atoms with Crippen LogP contribution in [0.2, 0.25) is 0 Å². The molecule has 0 radical (unpaired) electrons. The highest BCUT2D eigenvalue weighted by Crippen LogP contribution is 2.26. The number of ether oxygens (including phenoxy) is 1. The Balaban J connectivity index is 1.78. The molecule has 0 unspecified atom stereocenters. The molecule has 2 N–H and O–H groups in total.